The highest BCUT2D eigenvalue weighted by Crippen LogP contribution is 2.22. The molecule has 0 spiro atoms. The van der Waals surface area contributed by atoms with Gasteiger partial charge in [-0.25, -0.2) is 0 Å². The quantitative estimate of drug-likeness (QED) is 0.866. The fourth-order valence-electron chi connectivity index (χ4n) is 2.83. The molecule has 2 heterocycles. The SMILES string of the molecule is Cc1ccc(N2CCCC(NC(=O)C3CSCN3)C2=O)cc1.Cl. The van der Waals surface area contributed by atoms with Crippen LogP contribution in [-0.4, -0.2) is 42.1 Å². The minimum absolute atomic E-state index is 0. The molecule has 3 rings (SSSR count). The Morgan fingerprint density at radius 3 is 2.74 bits per heavy atom. The highest BCUT2D eigenvalue weighted by molar-refractivity contribution is 7.99. The second kappa shape index (κ2) is 8.04. The molecule has 2 amide bonds. The summed E-state index contributed by atoms with van der Waals surface area (Å²) in [5, 5.41) is 6.05. The molecule has 2 unspecified atom stereocenters. The van der Waals surface area contributed by atoms with Crippen molar-refractivity contribution in [1.29, 1.82) is 0 Å². The van der Waals surface area contributed by atoms with Crippen LogP contribution < -0.4 is 15.5 Å². The number of anilines is 1. The van der Waals surface area contributed by atoms with Gasteiger partial charge in [0.15, 0.2) is 0 Å². The Kier molecular flexibility index (Phi) is 6.33. The Labute approximate surface area is 147 Å². The Hall–Kier alpha value is -1.24. The Morgan fingerprint density at radius 1 is 1.35 bits per heavy atom. The van der Waals surface area contributed by atoms with E-state index in [2.05, 4.69) is 10.6 Å². The van der Waals surface area contributed by atoms with Crippen LogP contribution in [-0.2, 0) is 9.59 Å². The molecule has 0 aliphatic carbocycles. The standard InChI is InChI=1S/C16H21N3O2S.ClH/c1-11-4-6-12(7-5-11)19-8-2-3-13(16(19)21)18-15(20)14-9-22-10-17-14;/h4-7,13-14,17H,2-3,8-10H2,1H3,(H,18,20);1H. The van der Waals surface area contributed by atoms with Crippen molar-refractivity contribution in [2.75, 3.05) is 23.1 Å². The molecule has 23 heavy (non-hydrogen) atoms. The van der Waals surface area contributed by atoms with Crippen LogP contribution in [0.15, 0.2) is 24.3 Å². The number of thioether (sulfide) groups is 1. The second-order valence-corrected chi connectivity index (χ2v) is 6.83. The highest BCUT2D eigenvalue weighted by Gasteiger charge is 2.33. The number of halogens is 1. The largest absolute Gasteiger partial charge is 0.343 e. The Balaban J connectivity index is 0.00000192. The molecule has 2 aliphatic heterocycles. The lowest BCUT2D eigenvalue weighted by Crippen LogP contribution is -2.55. The molecule has 0 radical (unpaired) electrons. The molecule has 1 aromatic carbocycles. The van der Waals surface area contributed by atoms with E-state index >= 15 is 0 Å². The zero-order valence-electron chi connectivity index (χ0n) is 13.1. The Morgan fingerprint density at radius 2 is 2.09 bits per heavy atom. The van der Waals surface area contributed by atoms with E-state index in [1.54, 1.807) is 16.7 Å². The van der Waals surface area contributed by atoms with Gasteiger partial charge in [0.05, 0.1) is 6.04 Å². The van der Waals surface area contributed by atoms with Gasteiger partial charge in [-0.1, -0.05) is 17.7 Å². The van der Waals surface area contributed by atoms with Gasteiger partial charge in [0.1, 0.15) is 6.04 Å². The molecule has 0 aromatic heterocycles. The van der Waals surface area contributed by atoms with Crippen LogP contribution in [0.5, 0.6) is 0 Å². The molecule has 7 heteroatoms. The van der Waals surface area contributed by atoms with Crippen LogP contribution in [0.2, 0.25) is 0 Å². The fourth-order valence-corrected chi connectivity index (χ4v) is 3.77. The third-order valence-electron chi connectivity index (χ3n) is 4.13. The van der Waals surface area contributed by atoms with E-state index in [9.17, 15) is 9.59 Å². The van der Waals surface area contributed by atoms with Crippen LogP contribution >= 0.6 is 24.2 Å². The summed E-state index contributed by atoms with van der Waals surface area (Å²) in [6.07, 6.45) is 1.62. The highest BCUT2D eigenvalue weighted by atomic mass is 35.5. The average Bonchev–Trinajstić information content (AvgIpc) is 3.05. The minimum atomic E-state index is -0.407. The van der Waals surface area contributed by atoms with E-state index in [1.165, 1.54) is 5.56 Å². The number of carbonyl (C=O) groups excluding carboxylic acids is 2. The lowest BCUT2D eigenvalue weighted by Gasteiger charge is -2.33. The average molecular weight is 356 g/mol. The van der Waals surface area contributed by atoms with Crippen molar-refractivity contribution in [2.24, 2.45) is 0 Å². The Bertz CT molecular complexity index is 561. The van der Waals surface area contributed by atoms with E-state index in [1.807, 2.05) is 31.2 Å². The normalized spacial score (nSPS) is 24.2. The second-order valence-electron chi connectivity index (χ2n) is 5.80. The van der Waals surface area contributed by atoms with Gasteiger partial charge in [-0.05, 0) is 31.9 Å². The smallest absolute Gasteiger partial charge is 0.249 e. The predicted octanol–water partition coefficient (Wildman–Crippen LogP) is 1.69. The molecule has 0 bridgehead atoms. The lowest BCUT2D eigenvalue weighted by atomic mass is 10.0. The number of amides is 2. The number of aryl methyl sites for hydroxylation is 1. The van der Waals surface area contributed by atoms with Gasteiger partial charge < -0.3 is 10.2 Å². The van der Waals surface area contributed by atoms with E-state index in [4.69, 9.17) is 0 Å². The van der Waals surface area contributed by atoms with Crippen molar-refractivity contribution in [3.63, 3.8) is 0 Å². The van der Waals surface area contributed by atoms with Gasteiger partial charge in [-0.15, -0.1) is 24.2 Å². The van der Waals surface area contributed by atoms with Crippen LogP contribution in [0.4, 0.5) is 5.69 Å². The van der Waals surface area contributed by atoms with E-state index in [-0.39, 0.29) is 30.3 Å². The number of hydrogen-bond donors (Lipinski definition) is 2. The summed E-state index contributed by atoms with van der Waals surface area (Å²) >= 11 is 1.70. The van der Waals surface area contributed by atoms with Crippen molar-refractivity contribution >= 4 is 41.7 Å². The van der Waals surface area contributed by atoms with Gasteiger partial charge in [0.2, 0.25) is 11.8 Å². The lowest BCUT2D eigenvalue weighted by molar-refractivity contribution is -0.129. The number of nitrogens with one attached hydrogen (secondary N) is 2. The number of benzene rings is 1. The number of hydrogen-bond acceptors (Lipinski definition) is 4. The minimum Gasteiger partial charge on any atom is -0.343 e. The molecular formula is C16H22ClN3O2S. The molecule has 1 aromatic rings. The first-order valence-corrected chi connectivity index (χ1v) is 8.80. The number of rotatable bonds is 3. The van der Waals surface area contributed by atoms with Gasteiger partial charge in [-0.2, -0.15) is 0 Å². The van der Waals surface area contributed by atoms with Crippen LogP contribution in [0, 0.1) is 6.92 Å². The maximum Gasteiger partial charge on any atom is 0.249 e. The molecule has 2 aliphatic rings. The van der Waals surface area contributed by atoms with Crippen molar-refractivity contribution in [1.82, 2.24) is 10.6 Å². The summed E-state index contributed by atoms with van der Waals surface area (Å²) in [5.74, 6) is 1.50. The predicted molar refractivity (Wildman–Crippen MR) is 96.2 cm³/mol. The zero-order valence-corrected chi connectivity index (χ0v) is 14.7. The van der Waals surface area contributed by atoms with Gasteiger partial charge in [-0.3, -0.25) is 14.9 Å². The first-order chi connectivity index (χ1) is 10.6. The van der Waals surface area contributed by atoms with E-state index in [0.29, 0.717) is 13.0 Å². The van der Waals surface area contributed by atoms with E-state index in [0.717, 1.165) is 23.7 Å². The third kappa shape index (κ3) is 4.19. The van der Waals surface area contributed by atoms with Crippen molar-refractivity contribution in [3.05, 3.63) is 29.8 Å². The first kappa shape index (κ1) is 18.1. The topological polar surface area (TPSA) is 61.4 Å². The van der Waals surface area contributed by atoms with E-state index < -0.39 is 6.04 Å². The van der Waals surface area contributed by atoms with Gasteiger partial charge >= 0.3 is 0 Å². The summed E-state index contributed by atoms with van der Waals surface area (Å²) in [4.78, 5) is 26.6. The summed E-state index contributed by atoms with van der Waals surface area (Å²) in [5.41, 5.74) is 2.08. The van der Waals surface area contributed by atoms with Crippen molar-refractivity contribution in [2.45, 2.75) is 31.8 Å². The molecular weight excluding hydrogens is 334 g/mol. The van der Waals surface area contributed by atoms with Crippen LogP contribution in [0.3, 0.4) is 0 Å². The molecule has 2 atom stereocenters. The molecule has 5 nitrogen and oxygen atoms in total. The van der Waals surface area contributed by atoms with Crippen molar-refractivity contribution < 1.29 is 9.59 Å². The molecule has 2 fully saturated rings. The number of nitrogens with zero attached hydrogens (tertiary/aromatic N) is 1. The number of carbonyl (C=O) groups is 2. The zero-order chi connectivity index (χ0) is 15.5. The van der Waals surface area contributed by atoms with Crippen LogP contribution in [0.25, 0.3) is 0 Å². The molecule has 126 valence electrons. The summed E-state index contributed by atoms with van der Waals surface area (Å²) in [6, 6.07) is 7.36. The summed E-state index contributed by atoms with van der Waals surface area (Å²) in [7, 11) is 0. The monoisotopic (exact) mass is 355 g/mol. The van der Waals surface area contributed by atoms with Gasteiger partial charge in [0, 0.05) is 23.9 Å². The maximum atomic E-state index is 12.6. The number of piperidine rings is 1. The fraction of sp³-hybridized carbons (Fsp3) is 0.500. The maximum absolute atomic E-state index is 12.6. The summed E-state index contributed by atoms with van der Waals surface area (Å²) < 4.78 is 0. The van der Waals surface area contributed by atoms with Crippen LogP contribution in [0.1, 0.15) is 18.4 Å². The summed E-state index contributed by atoms with van der Waals surface area (Å²) in [6.45, 7) is 2.74. The third-order valence-corrected chi connectivity index (χ3v) is 5.07. The van der Waals surface area contributed by atoms with Gasteiger partial charge in [0.25, 0.3) is 0 Å². The molecule has 2 saturated heterocycles. The molecule has 0 saturated carbocycles. The molecule has 2 N–H and O–H groups in total. The first-order valence-electron chi connectivity index (χ1n) is 7.65. The van der Waals surface area contributed by atoms with Crippen molar-refractivity contribution in [3.8, 4) is 0 Å².